The number of nitrogens with zero attached hydrogens (tertiary/aromatic N) is 3. The highest BCUT2D eigenvalue weighted by Gasteiger charge is 2.17. The van der Waals surface area contributed by atoms with Gasteiger partial charge in [0, 0.05) is 37.9 Å². The summed E-state index contributed by atoms with van der Waals surface area (Å²) in [5.74, 6) is 0.520. The summed E-state index contributed by atoms with van der Waals surface area (Å²) in [5.41, 5.74) is 7.54. The molecule has 0 unspecified atom stereocenters. The number of carbonyl (C=O) groups excluding carboxylic acids is 1. The van der Waals surface area contributed by atoms with Crippen LogP contribution in [0.5, 0.6) is 0 Å². The molecule has 1 aromatic carbocycles. The van der Waals surface area contributed by atoms with Gasteiger partial charge in [-0.1, -0.05) is 6.07 Å². The summed E-state index contributed by atoms with van der Waals surface area (Å²) >= 11 is 0. The fourth-order valence-corrected chi connectivity index (χ4v) is 3.01. The maximum Gasteiger partial charge on any atom is 0.224 e. The minimum Gasteiger partial charge on any atom is -0.357 e. The van der Waals surface area contributed by atoms with Gasteiger partial charge in [0.05, 0.1) is 6.54 Å². The molecule has 1 aromatic heterocycles. The molecule has 1 fully saturated rings. The molecule has 0 atom stereocenters. The van der Waals surface area contributed by atoms with E-state index in [0.29, 0.717) is 12.2 Å². The Labute approximate surface area is 147 Å². The molecule has 132 valence electrons. The van der Waals surface area contributed by atoms with E-state index in [-0.39, 0.29) is 17.8 Å². The smallest absolute Gasteiger partial charge is 0.224 e. The standard InChI is InChI=1S/C19H23FN4O/c1-14(25)24(18-5-3-16(20)4-6-18)13-15-2-7-19(22-12-15)23-10-8-17(21)9-11-23/h2-7,12,17H,8-11,13,21H2,1H3. The number of hydrogen-bond donors (Lipinski definition) is 1. The van der Waals surface area contributed by atoms with Crippen molar-refractivity contribution in [3.05, 3.63) is 54.0 Å². The van der Waals surface area contributed by atoms with Gasteiger partial charge in [-0.25, -0.2) is 9.37 Å². The monoisotopic (exact) mass is 342 g/mol. The topological polar surface area (TPSA) is 62.5 Å². The molecule has 3 rings (SSSR count). The minimum absolute atomic E-state index is 0.0966. The minimum atomic E-state index is -0.320. The first kappa shape index (κ1) is 17.4. The lowest BCUT2D eigenvalue weighted by Gasteiger charge is -2.31. The van der Waals surface area contributed by atoms with Crippen LogP contribution >= 0.6 is 0 Å². The largest absolute Gasteiger partial charge is 0.357 e. The van der Waals surface area contributed by atoms with E-state index in [2.05, 4.69) is 9.88 Å². The van der Waals surface area contributed by atoms with E-state index in [0.717, 1.165) is 37.3 Å². The highest BCUT2D eigenvalue weighted by molar-refractivity contribution is 5.91. The number of amides is 1. The Morgan fingerprint density at radius 1 is 1.24 bits per heavy atom. The van der Waals surface area contributed by atoms with Gasteiger partial charge in [0.15, 0.2) is 0 Å². The predicted molar refractivity (Wildman–Crippen MR) is 96.9 cm³/mol. The molecule has 2 aromatic rings. The number of hydrogen-bond acceptors (Lipinski definition) is 4. The first-order valence-electron chi connectivity index (χ1n) is 8.52. The van der Waals surface area contributed by atoms with Crippen LogP contribution in [0.25, 0.3) is 0 Å². The molecule has 1 amide bonds. The summed E-state index contributed by atoms with van der Waals surface area (Å²) in [7, 11) is 0. The van der Waals surface area contributed by atoms with Crippen LogP contribution in [0.2, 0.25) is 0 Å². The molecule has 0 aliphatic carbocycles. The average Bonchev–Trinajstić information content (AvgIpc) is 2.62. The first-order chi connectivity index (χ1) is 12.0. The van der Waals surface area contributed by atoms with Crippen LogP contribution in [-0.2, 0) is 11.3 Å². The summed E-state index contributed by atoms with van der Waals surface area (Å²) in [6, 6.07) is 10.2. The average molecular weight is 342 g/mol. The van der Waals surface area contributed by atoms with Crippen molar-refractivity contribution in [2.45, 2.75) is 32.4 Å². The number of aromatic nitrogens is 1. The van der Waals surface area contributed by atoms with Crippen molar-refractivity contribution in [1.82, 2.24) is 4.98 Å². The molecule has 5 nitrogen and oxygen atoms in total. The van der Waals surface area contributed by atoms with E-state index < -0.39 is 0 Å². The molecule has 25 heavy (non-hydrogen) atoms. The van der Waals surface area contributed by atoms with Gasteiger partial charge < -0.3 is 15.5 Å². The van der Waals surface area contributed by atoms with Gasteiger partial charge in [-0.05, 0) is 48.7 Å². The quantitative estimate of drug-likeness (QED) is 0.928. The lowest BCUT2D eigenvalue weighted by atomic mass is 10.1. The van der Waals surface area contributed by atoms with Gasteiger partial charge in [-0.3, -0.25) is 4.79 Å². The molecule has 1 aliphatic rings. The number of benzene rings is 1. The number of nitrogens with two attached hydrogens (primary N) is 1. The van der Waals surface area contributed by atoms with Crippen LogP contribution in [0.4, 0.5) is 15.9 Å². The van der Waals surface area contributed by atoms with E-state index in [1.807, 2.05) is 12.1 Å². The van der Waals surface area contributed by atoms with Crippen LogP contribution in [-0.4, -0.2) is 30.0 Å². The molecule has 0 spiro atoms. The highest BCUT2D eigenvalue weighted by Crippen LogP contribution is 2.20. The fraction of sp³-hybridized carbons (Fsp3) is 0.368. The third-order valence-corrected chi connectivity index (χ3v) is 4.53. The molecule has 1 saturated heterocycles. The van der Waals surface area contributed by atoms with Crippen molar-refractivity contribution in [1.29, 1.82) is 0 Å². The zero-order valence-corrected chi connectivity index (χ0v) is 14.4. The van der Waals surface area contributed by atoms with E-state index >= 15 is 0 Å². The molecule has 2 N–H and O–H groups in total. The number of rotatable bonds is 4. The maximum absolute atomic E-state index is 13.1. The van der Waals surface area contributed by atoms with Crippen LogP contribution in [0, 0.1) is 5.82 Å². The van der Waals surface area contributed by atoms with Crippen molar-refractivity contribution in [2.75, 3.05) is 22.9 Å². The second-order valence-electron chi connectivity index (χ2n) is 6.43. The second kappa shape index (κ2) is 7.61. The van der Waals surface area contributed by atoms with Gasteiger partial charge in [0.2, 0.25) is 5.91 Å². The third kappa shape index (κ3) is 4.33. The van der Waals surface area contributed by atoms with Crippen molar-refractivity contribution < 1.29 is 9.18 Å². The van der Waals surface area contributed by atoms with Crippen LogP contribution in [0.1, 0.15) is 25.3 Å². The number of piperidine rings is 1. The van der Waals surface area contributed by atoms with Gasteiger partial charge in [0.1, 0.15) is 11.6 Å². The Balaban J connectivity index is 1.70. The van der Waals surface area contributed by atoms with Crippen LogP contribution in [0.3, 0.4) is 0 Å². The summed E-state index contributed by atoms with van der Waals surface area (Å²) in [6.45, 7) is 3.74. The van der Waals surface area contributed by atoms with Crippen molar-refractivity contribution in [2.24, 2.45) is 5.73 Å². The summed E-state index contributed by atoms with van der Waals surface area (Å²) < 4.78 is 13.1. The van der Waals surface area contributed by atoms with Gasteiger partial charge in [-0.2, -0.15) is 0 Å². The van der Waals surface area contributed by atoms with Crippen molar-refractivity contribution in [3.63, 3.8) is 0 Å². The zero-order chi connectivity index (χ0) is 17.8. The first-order valence-corrected chi connectivity index (χ1v) is 8.52. The lowest BCUT2D eigenvalue weighted by molar-refractivity contribution is -0.116. The van der Waals surface area contributed by atoms with Gasteiger partial charge in [0.25, 0.3) is 0 Å². The molecular weight excluding hydrogens is 319 g/mol. The lowest BCUT2D eigenvalue weighted by Crippen LogP contribution is -2.40. The molecule has 0 saturated carbocycles. The maximum atomic E-state index is 13.1. The van der Waals surface area contributed by atoms with E-state index in [1.54, 1.807) is 23.2 Å². The molecule has 0 radical (unpaired) electrons. The fourth-order valence-electron chi connectivity index (χ4n) is 3.01. The Bertz CT molecular complexity index is 709. The second-order valence-corrected chi connectivity index (χ2v) is 6.43. The predicted octanol–water partition coefficient (Wildman–Crippen LogP) is 2.70. The Hall–Kier alpha value is -2.47. The summed E-state index contributed by atoms with van der Waals surface area (Å²) in [6.07, 6.45) is 3.75. The Morgan fingerprint density at radius 2 is 1.92 bits per heavy atom. The molecular formula is C19H23FN4O. The molecule has 2 heterocycles. The van der Waals surface area contributed by atoms with Gasteiger partial charge in [-0.15, -0.1) is 0 Å². The van der Waals surface area contributed by atoms with Crippen molar-refractivity contribution >= 4 is 17.4 Å². The number of pyridine rings is 1. The number of carbonyl (C=O) groups is 1. The normalized spacial score (nSPS) is 15.2. The van der Waals surface area contributed by atoms with Gasteiger partial charge >= 0.3 is 0 Å². The summed E-state index contributed by atoms with van der Waals surface area (Å²) in [5, 5.41) is 0. The number of anilines is 2. The third-order valence-electron chi connectivity index (χ3n) is 4.53. The zero-order valence-electron chi connectivity index (χ0n) is 14.4. The Kier molecular flexibility index (Phi) is 5.28. The molecule has 6 heteroatoms. The SMILES string of the molecule is CC(=O)N(Cc1ccc(N2CCC(N)CC2)nc1)c1ccc(F)cc1. The number of halogens is 1. The molecule has 0 bridgehead atoms. The van der Waals surface area contributed by atoms with Crippen LogP contribution in [0.15, 0.2) is 42.6 Å². The van der Waals surface area contributed by atoms with E-state index in [9.17, 15) is 9.18 Å². The van der Waals surface area contributed by atoms with E-state index in [1.165, 1.54) is 19.1 Å². The highest BCUT2D eigenvalue weighted by atomic mass is 19.1. The van der Waals surface area contributed by atoms with Crippen molar-refractivity contribution in [3.8, 4) is 0 Å². The van der Waals surface area contributed by atoms with Crippen LogP contribution < -0.4 is 15.5 Å². The molecule has 1 aliphatic heterocycles. The van der Waals surface area contributed by atoms with E-state index in [4.69, 9.17) is 5.73 Å². The Morgan fingerprint density at radius 3 is 2.48 bits per heavy atom. The summed E-state index contributed by atoms with van der Waals surface area (Å²) in [4.78, 5) is 20.3.